The first kappa shape index (κ1) is 63.3. The van der Waals surface area contributed by atoms with E-state index in [1.165, 1.54) is 13.7 Å². The normalized spacial score (nSPS) is 16.1. The Kier molecular flexibility index (Phi) is 18.3. The number of anilines is 3. The van der Waals surface area contributed by atoms with Gasteiger partial charge in [-0.05, 0) is 55.3 Å². The second-order valence-electron chi connectivity index (χ2n) is 22.8. The summed E-state index contributed by atoms with van der Waals surface area (Å²) in [7, 11) is -6.50. The molecule has 0 radical (unpaired) electrons. The first-order chi connectivity index (χ1) is 42.4. The molecule has 3 amide bonds. The highest BCUT2D eigenvalue weighted by molar-refractivity contribution is 7.91. The Balaban J connectivity index is 0.000000147. The molecular weight excluding hydrogens is 1200 g/mol. The van der Waals surface area contributed by atoms with Crippen molar-refractivity contribution in [1.82, 2.24) is 38.4 Å². The Labute approximate surface area is 515 Å². The van der Waals surface area contributed by atoms with Crippen LogP contribution in [0.15, 0.2) is 151 Å². The van der Waals surface area contributed by atoms with Crippen LogP contribution in [0.25, 0.3) is 32.7 Å². The number of nitrogens with zero attached hydrogens (tertiary/aromatic N) is 11. The third-order valence-corrected chi connectivity index (χ3v) is 20.3. The molecule has 0 unspecified atom stereocenters. The van der Waals surface area contributed by atoms with Crippen molar-refractivity contribution in [3.8, 4) is 0 Å². The summed E-state index contributed by atoms with van der Waals surface area (Å²) in [5, 5.41) is 2.14. The maximum Gasteiger partial charge on any atom is 0.272 e. The van der Waals surface area contributed by atoms with Crippen LogP contribution < -0.4 is 31.4 Å². The smallest absolute Gasteiger partial charge is 0.272 e. The number of aryl methyl sites for hydroxylation is 3. The minimum absolute atomic E-state index is 0.0887. The van der Waals surface area contributed by atoms with Gasteiger partial charge < -0.3 is 43.1 Å². The first-order valence-corrected chi connectivity index (χ1v) is 34.9. The molecule has 0 bridgehead atoms. The number of hydrogen-bond acceptors (Lipinski definition) is 17. The second-order valence-corrected chi connectivity index (χ2v) is 28.7. The molecule has 4 fully saturated rings. The third-order valence-electron chi connectivity index (χ3n) is 17.0. The van der Waals surface area contributed by atoms with Crippen molar-refractivity contribution in [3.63, 3.8) is 0 Å². The van der Waals surface area contributed by atoms with Crippen LogP contribution in [0.5, 0.6) is 0 Å². The summed E-state index contributed by atoms with van der Waals surface area (Å²) in [5.41, 5.74) is 2.69. The number of hydrogen-bond donors (Lipinski definition) is 0. The lowest BCUT2D eigenvalue weighted by molar-refractivity contribution is -0.135. The third kappa shape index (κ3) is 12.9. The fourth-order valence-corrected chi connectivity index (χ4v) is 15.6. The lowest BCUT2D eigenvalue weighted by Gasteiger charge is -2.38. The summed E-state index contributed by atoms with van der Waals surface area (Å²) in [6, 6.07) is 30.4. The van der Waals surface area contributed by atoms with Crippen molar-refractivity contribution >= 4 is 97.0 Å². The molecule has 23 nitrogen and oxygen atoms in total. The van der Waals surface area contributed by atoms with Crippen LogP contribution in [0.3, 0.4) is 0 Å². The van der Waals surface area contributed by atoms with Crippen molar-refractivity contribution < 1.29 is 39.6 Å². The molecule has 3 saturated heterocycles. The van der Waals surface area contributed by atoms with Gasteiger partial charge in [0, 0.05) is 165 Å². The van der Waals surface area contributed by atoms with Gasteiger partial charge in [0.1, 0.15) is 5.69 Å². The van der Waals surface area contributed by atoms with Gasteiger partial charge in [0.2, 0.25) is 5.91 Å². The monoisotopic (exact) mass is 1270 g/mol. The fourth-order valence-electron chi connectivity index (χ4n) is 12.5. The molecule has 1 saturated carbocycles. The van der Waals surface area contributed by atoms with Crippen LogP contribution in [-0.4, -0.2) is 179 Å². The number of sulfone groups is 3. The van der Waals surface area contributed by atoms with Crippen molar-refractivity contribution in [3.05, 3.63) is 164 Å². The van der Waals surface area contributed by atoms with Crippen LogP contribution in [-0.2, 0) is 55.4 Å². The standard InChI is InChI=1S/2C21H22N4O4S.C21H27N3O4S/c1-23-17-9-4-3-7-15(17)18(19(21(23)27)30(2,28)29)24-11-13-25(14-12-24)20(26)16-8-5-6-10-22-16;1-23-17-6-4-3-5-16(17)18(19(21(23)27)30(2,28)29)24-11-13-25(14-12-24)20(26)15-7-9-22-10-8-15;1-22-17-10-6-5-9-16(17)18(19(21(22)26)29(2,27)28)23-11-13-24(14-12-23)20(25)15-7-3-4-8-15/h2*3-10H,11-14H2,1-2H3;5-6,9-10,15H,3-4,7-8,11-14H2,1-2H3. The second kappa shape index (κ2) is 25.8. The molecule has 26 heteroatoms. The summed E-state index contributed by atoms with van der Waals surface area (Å²) in [4.78, 5) is 95.5. The van der Waals surface area contributed by atoms with E-state index < -0.39 is 46.2 Å². The van der Waals surface area contributed by atoms with Crippen LogP contribution in [0, 0.1) is 5.92 Å². The number of rotatable bonds is 9. The van der Waals surface area contributed by atoms with E-state index in [1.54, 1.807) is 92.0 Å². The van der Waals surface area contributed by atoms with Crippen LogP contribution in [0.4, 0.5) is 17.1 Å². The summed E-state index contributed by atoms with van der Waals surface area (Å²) >= 11 is 0. The average molecular weight is 1270 g/mol. The zero-order chi connectivity index (χ0) is 63.7. The quantitative estimate of drug-likeness (QED) is 0.194. The van der Waals surface area contributed by atoms with E-state index >= 15 is 0 Å². The summed E-state index contributed by atoms with van der Waals surface area (Å²) in [6.45, 7) is 5.45. The number of pyridine rings is 5. The van der Waals surface area contributed by atoms with Gasteiger partial charge in [0.15, 0.2) is 44.2 Å². The molecule has 468 valence electrons. The highest BCUT2D eigenvalue weighted by Crippen LogP contribution is 2.36. The number of para-hydroxylation sites is 3. The molecule has 5 aromatic heterocycles. The Hall–Kier alpha value is -8.75. The minimum atomic E-state index is -3.77. The molecule has 1 aliphatic carbocycles. The van der Waals surface area contributed by atoms with Gasteiger partial charge in [0.25, 0.3) is 28.5 Å². The summed E-state index contributed by atoms with van der Waals surface area (Å²) in [5.74, 6) is 0.110. The van der Waals surface area contributed by atoms with Gasteiger partial charge in [-0.25, -0.2) is 25.3 Å². The summed E-state index contributed by atoms with van der Waals surface area (Å²) < 4.78 is 79.5. The van der Waals surface area contributed by atoms with Crippen molar-refractivity contribution in [1.29, 1.82) is 0 Å². The topological polar surface area (TPSA) is 265 Å². The van der Waals surface area contributed by atoms with E-state index in [0.29, 0.717) is 134 Å². The first-order valence-electron chi connectivity index (χ1n) is 29.2. The Morgan fingerprint density at radius 1 is 0.416 bits per heavy atom. The number of carbonyl (C=O) groups is 3. The lowest BCUT2D eigenvalue weighted by atomic mass is 10.1. The van der Waals surface area contributed by atoms with E-state index in [0.717, 1.165) is 49.8 Å². The van der Waals surface area contributed by atoms with E-state index in [9.17, 15) is 54.0 Å². The van der Waals surface area contributed by atoms with Gasteiger partial charge in [0.05, 0.1) is 33.6 Å². The molecule has 0 spiro atoms. The molecule has 0 atom stereocenters. The van der Waals surface area contributed by atoms with Crippen LogP contribution in [0.1, 0.15) is 46.5 Å². The van der Waals surface area contributed by atoms with Gasteiger partial charge in [-0.1, -0.05) is 73.5 Å². The van der Waals surface area contributed by atoms with Crippen LogP contribution in [0.2, 0.25) is 0 Å². The maximum absolute atomic E-state index is 12.9. The zero-order valence-corrected chi connectivity index (χ0v) is 52.9. The Morgan fingerprint density at radius 3 is 1.10 bits per heavy atom. The van der Waals surface area contributed by atoms with Crippen LogP contribution >= 0.6 is 0 Å². The number of carbonyl (C=O) groups excluding carboxylic acids is 3. The highest BCUT2D eigenvalue weighted by atomic mass is 32.2. The molecule has 8 aromatic rings. The van der Waals surface area contributed by atoms with Crippen molar-refractivity contribution in [2.75, 3.05) is 112 Å². The minimum Gasteiger partial charge on any atom is -0.366 e. The molecule has 89 heavy (non-hydrogen) atoms. The highest BCUT2D eigenvalue weighted by Gasteiger charge is 2.35. The molecule has 8 heterocycles. The Morgan fingerprint density at radius 2 is 0.753 bits per heavy atom. The van der Waals surface area contributed by atoms with Gasteiger partial charge in [-0.15, -0.1) is 0 Å². The van der Waals surface area contributed by atoms with E-state index in [4.69, 9.17) is 0 Å². The largest absolute Gasteiger partial charge is 0.366 e. The zero-order valence-electron chi connectivity index (χ0n) is 50.5. The van der Waals surface area contributed by atoms with E-state index in [2.05, 4.69) is 9.97 Å². The molecular formula is C63H71N11O12S3. The molecule has 0 N–H and O–H groups in total. The number of fused-ring (bicyclic) bond motifs is 3. The Bertz CT molecular complexity index is 4390. The van der Waals surface area contributed by atoms with Gasteiger partial charge >= 0.3 is 0 Å². The van der Waals surface area contributed by atoms with Crippen molar-refractivity contribution in [2.45, 2.75) is 40.4 Å². The predicted molar refractivity (Wildman–Crippen MR) is 342 cm³/mol. The molecule has 12 rings (SSSR count). The number of amides is 3. The SMILES string of the molecule is Cn1c(=O)c(S(C)(=O)=O)c(N2CCN(C(=O)C3CCCC3)CC2)c2ccccc21.Cn1c(=O)c(S(C)(=O)=O)c(N2CCN(C(=O)c3ccccn3)CC2)c2ccccc21.Cn1c(=O)c(S(C)(=O)=O)c(N2CCN(C(=O)c3ccncc3)CC2)c2ccccc21. The maximum atomic E-state index is 12.9. The van der Waals surface area contributed by atoms with E-state index in [-0.39, 0.29) is 38.3 Å². The predicted octanol–water partition coefficient (Wildman–Crippen LogP) is 4.38. The molecule has 4 aliphatic rings. The van der Waals surface area contributed by atoms with E-state index in [1.807, 2.05) is 80.3 Å². The van der Waals surface area contributed by atoms with Gasteiger partial charge in [-0.3, -0.25) is 38.7 Å². The number of benzene rings is 3. The molecule has 3 aliphatic heterocycles. The number of piperazine rings is 3. The average Bonchev–Trinajstić information content (AvgIpc) is 1.04. The number of aromatic nitrogens is 5. The van der Waals surface area contributed by atoms with Gasteiger partial charge in [-0.2, -0.15) is 0 Å². The molecule has 3 aromatic carbocycles. The lowest BCUT2D eigenvalue weighted by Crippen LogP contribution is -2.51. The fraction of sp³-hybridized carbons (Fsp3) is 0.365. The summed E-state index contributed by atoms with van der Waals surface area (Å²) in [6.07, 6.45) is 12.1. The van der Waals surface area contributed by atoms with Crippen molar-refractivity contribution in [2.24, 2.45) is 27.1 Å².